The van der Waals surface area contributed by atoms with Crippen molar-refractivity contribution in [2.24, 2.45) is 29.1 Å². The molecule has 4 aliphatic rings. The Morgan fingerprint density at radius 2 is 1.81 bits per heavy atom. The average Bonchev–Trinajstić information content (AvgIpc) is 3.98. The molecule has 1 saturated heterocycles. The van der Waals surface area contributed by atoms with E-state index in [1.54, 1.807) is 53.0 Å². The van der Waals surface area contributed by atoms with Gasteiger partial charge in [0, 0.05) is 18.9 Å². The number of esters is 1. The molecule has 54 heavy (non-hydrogen) atoms. The van der Waals surface area contributed by atoms with Crippen molar-refractivity contribution in [1.82, 2.24) is 19.6 Å². The van der Waals surface area contributed by atoms with Gasteiger partial charge in [0.1, 0.15) is 17.5 Å². The van der Waals surface area contributed by atoms with E-state index in [1.807, 2.05) is 19.1 Å². The number of hydrogen-bond acceptors (Lipinski definition) is 11. The zero-order valence-corrected chi connectivity index (χ0v) is 33.2. The van der Waals surface area contributed by atoms with Gasteiger partial charge in [-0.3, -0.25) is 23.9 Å². The highest BCUT2D eigenvalue weighted by Gasteiger charge is 2.62. The van der Waals surface area contributed by atoms with Crippen LogP contribution in [0.1, 0.15) is 99.3 Å². The number of aromatic nitrogens is 2. The lowest BCUT2D eigenvalue weighted by Crippen LogP contribution is -2.48. The Balaban J connectivity index is 1.33. The highest BCUT2D eigenvalue weighted by atomic mass is 32.2. The molecule has 0 unspecified atom stereocenters. The standard InChI is InChI=1S/C40H54N4O9S/c1-24-9-8-10-25(2)29(19-35(46)53-38(3,4)5)36(47)44-23-28(52-34-22-41-30-14-13-27(51-7)17-31(30)42-34)18-32(44)33(45)21-40(20-26(40)12-11-24)37(48)43-54(49,50)39(6)15-16-39/h11-14,17,22,24-26,28-29,32H,8-10,15-16,18-21,23H2,1-7H3,(H,43,48)/b12-11-/t24-,25-,26-,28-,29+,32+,40-/m1/s1. The lowest BCUT2D eigenvalue weighted by molar-refractivity contribution is -0.159. The predicted molar refractivity (Wildman–Crippen MR) is 201 cm³/mol. The molecule has 7 atom stereocenters. The van der Waals surface area contributed by atoms with Crippen LogP contribution in [0.4, 0.5) is 0 Å². The third-order valence-electron chi connectivity index (χ3n) is 11.6. The van der Waals surface area contributed by atoms with E-state index < -0.39 is 55.7 Å². The van der Waals surface area contributed by atoms with E-state index in [0.717, 1.165) is 12.8 Å². The summed E-state index contributed by atoms with van der Waals surface area (Å²) in [6, 6.07) is 4.31. The van der Waals surface area contributed by atoms with Gasteiger partial charge in [0.05, 0.1) is 59.4 Å². The van der Waals surface area contributed by atoms with Gasteiger partial charge in [0.15, 0.2) is 5.78 Å². The molecule has 0 radical (unpaired) electrons. The molecule has 0 spiro atoms. The molecule has 6 rings (SSSR count). The number of sulfonamides is 1. The Kier molecular flexibility index (Phi) is 10.9. The van der Waals surface area contributed by atoms with Crippen molar-refractivity contribution in [2.75, 3.05) is 13.7 Å². The van der Waals surface area contributed by atoms with Crippen molar-refractivity contribution in [3.63, 3.8) is 0 Å². The van der Waals surface area contributed by atoms with Gasteiger partial charge in [-0.1, -0.05) is 32.4 Å². The largest absolute Gasteiger partial charge is 0.497 e. The lowest BCUT2D eigenvalue weighted by atomic mass is 9.84. The molecule has 0 bridgehead atoms. The van der Waals surface area contributed by atoms with E-state index in [4.69, 9.17) is 14.2 Å². The number of carbonyl (C=O) groups excluding carboxylic acids is 4. The maximum absolute atomic E-state index is 14.7. The van der Waals surface area contributed by atoms with Crippen molar-refractivity contribution in [3.05, 3.63) is 36.5 Å². The van der Waals surface area contributed by atoms with Crippen LogP contribution in [0.5, 0.6) is 11.6 Å². The molecule has 3 fully saturated rings. The average molecular weight is 767 g/mol. The minimum atomic E-state index is -3.95. The molecular weight excluding hydrogens is 713 g/mol. The van der Waals surface area contributed by atoms with E-state index in [1.165, 1.54) is 11.1 Å². The second-order valence-corrected chi connectivity index (χ2v) is 19.4. The summed E-state index contributed by atoms with van der Waals surface area (Å²) in [6.07, 6.45) is 8.04. The zero-order valence-electron chi connectivity index (χ0n) is 32.4. The molecule has 2 aliphatic carbocycles. The molecule has 1 aromatic heterocycles. The van der Waals surface area contributed by atoms with Crippen molar-refractivity contribution in [2.45, 2.75) is 122 Å². The second kappa shape index (κ2) is 14.9. The highest BCUT2D eigenvalue weighted by molar-refractivity contribution is 7.91. The summed E-state index contributed by atoms with van der Waals surface area (Å²) < 4.78 is 45.1. The Morgan fingerprint density at radius 3 is 2.50 bits per heavy atom. The van der Waals surface area contributed by atoms with E-state index in [0.29, 0.717) is 42.5 Å². The first-order valence-corrected chi connectivity index (χ1v) is 20.6. The molecular formula is C40H54N4O9S. The zero-order chi connectivity index (χ0) is 39.2. The normalized spacial score (nSPS) is 30.6. The second-order valence-electron chi connectivity index (χ2n) is 17.2. The molecule has 2 aromatic rings. The molecule has 1 aromatic carbocycles. The topological polar surface area (TPSA) is 171 Å². The number of allylic oxidation sites excluding steroid dienone is 2. The summed E-state index contributed by atoms with van der Waals surface area (Å²) in [7, 11) is -2.40. The fourth-order valence-electron chi connectivity index (χ4n) is 7.80. The van der Waals surface area contributed by atoms with E-state index in [2.05, 4.69) is 21.6 Å². The number of carbonyl (C=O) groups is 4. The summed E-state index contributed by atoms with van der Waals surface area (Å²) >= 11 is 0. The molecule has 3 heterocycles. The summed E-state index contributed by atoms with van der Waals surface area (Å²) in [5.74, 6) is -2.26. The maximum Gasteiger partial charge on any atom is 0.307 e. The number of ketones is 1. The smallest absolute Gasteiger partial charge is 0.307 e. The molecule has 1 N–H and O–H groups in total. The first-order chi connectivity index (χ1) is 25.3. The minimum absolute atomic E-state index is 0.0386. The van der Waals surface area contributed by atoms with Crippen LogP contribution in [0.25, 0.3) is 11.0 Å². The summed E-state index contributed by atoms with van der Waals surface area (Å²) in [5.41, 5.74) is -0.842. The number of benzene rings is 1. The van der Waals surface area contributed by atoms with Crippen LogP contribution in [0, 0.1) is 29.1 Å². The van der Waals surface area contributed by atoms with E-state index in [9.17, 15) is 27.6 Å². The third-order valence-corrected chi connectivity index (χ3v) is 13.8. The number of amides is 2. The SMILES string of the molecule is COc1ccc2ncc(O[C@@H]3C[C@H]4C(=O)C[C@]5(C(=O)NS(=O)(=O)C6(C)CC6)C[C@H]5/C=C\[C@H](C)CCC[C@@H](C)[C@H](CC(=O)OC(C)(C)C)C(=O)N4C3)nc2c1. The van der Waals surface area contributed by atoms with Gasteiger partial charge in [-0.2, -0.15) is 0 Å². The summed E-state index contributed by atoms with van der Waals surface area (Å²) in [5, 5.41) is 0. The van der Waals surface area contributed by atoms with Gasteiger partial charge in [-0.15, -0.1) is 0 Å². The number of rotatable bonds is 8. The van der Waals surface area contributed by atoms with Gasteiger partial charge in [-0.25, -0.2) is 18.4 Å². The number of Topliss-reactive ketones (excluding diaryl/α,β-unsaturated/α-hetero) is 1. The first-order valence-electron chi connectivity index (χ1n) is 19.1. The van der Waals surface area contributed by atoms with E-state index in [-0.39, 0.29) is 61.1 Å². The first kappa shape index (κ1) is 39.6. The van der Waals surface area contributed by atoms with Gasteiger partial charge < -0.3 is 19.1 Å². The number of nitrogens with zero attached hydrogens (tertiary/aromatic N) is 3. The van der Waals surface area contributed by atoms with Crippen LogP contribution in [0.2, 0.25) is 0 Å². The monoisotopic (exact) mass is 766 g/mol. The molecule has 2 aliphatic heterocycles. The fourth-order valence-corrected chi connectivity index (χ4v) is 9.14. The molecule has 294 valence electrons. The quantitative estimate of drug-likeness (QED) is 0.273. The Hall–Kier alpha value is -4.07. The van der Waals surface area contributed by atoms with Gasteiger partial charge in [-0.05, 0) is 89.7 Å². The molecule has 13 nitrogen and oxygen atoms in total. The van der Waals surface area contributed by atoms with E-state index >= 15 is 0 Å². The molecule has 14 heteroatoms. The van der Waals surface area contributed by atoms with Crippen molar-refractivity contribution >= 4 is 44.6 Å². The Labute approximate surface area is 318 Å². The number of nitrogens with one attached hydrogen (secondary N) is 1. The maximum atomic E-state index is 14.7. The van der Waals surface area contributed by atoms with Crippen LogP contribution >= 0.6 is 0 Å². The lowest BCUT2D eigenvalue weighted by Gasteiger charge is -2.32. The van der Waals surface area contributed by atoms with Crippen molar-refractivity contribution in [1.29, 1.82) is 0 Å². The van der Waals surface area contributed by atoms with Crippen LogP contribution in [-0.4, -0.2) is 83.0 Å². The highest BCUT2D eigenvalue weighted by Crippen LogP contribution is 2.58. The third kappa shape index (κ3) is 8.58. The molecule has 2 saturated carbocycles. The van der Waals surface area contributed by atoms with Gasteiger partial charge in [0.2, 0.25) is 27.7 Å². The van der Waals surface area contributed by atoms with Crippen molar-refractivity contribution < 1.29 is 41.8 Å². The fraction of sp³-hybridized carbons (Fsp3) is 0.650. The van der Waals surface area contributed by atoms with Crippen molar-refractivity contribution in [3.8, 4) is 11.6 Å². The van der Waals surface area contributed by atoms with Crippen LogP contribution in [-0.2, 0) is 33.9 Å². The Morgan fingerprint density at radius 1 is 1.07 bits per heavy atom. The van der Waals surface area contributed by atoms with Gasteiger partial charge in [0.25, 0.3) is 0 Å². The summed E-state index contributed by atoms with van der Waals surface area (Å²) in [4.78, 5) is 67.1. The number of fused-ring (bicyclic) bond motifs is 3. The Bertz CT molecular complexity index is 1940. The summed E-state index contributed by atoms with van der Waals surface area (Å²) in [6.45, 7) is 11.0. The van der Waals surface area contributed by atoms with Crippen LogP contribution in [0.15, 0.2) is 36.5 Å². The minimum Gasteiger partial charge on any atom is -0.497 e. The molecule has 2 amide bonds. The van der Waals surface area contributed by atoms with Gasteiger partial charge >= 0.3 is 5.97 Å². The van der Waals surface area contributed by atoms with Crippen LogP contribution in [0.3, 0.4) is 0 Å². The number of hydrogen-bond donors (Lipinski definition) is 1. The van der Waals surface area contributed by atoms with Crippen LogP contribution < -0.4 is 14.2 Å². The number of ether oxygens (including phenoxy) is 3. The predicted octanol–water partition coefficient (Wildman–Crippen LogP) is 5.31. The number of methoxy groups -OCH3 is 1.